The number of hydrogen-bond donors (Lipinski definition) is 3. The lowest BCUT2D eigenvalue weighted by molar-refractivity contribution is -0.192. The van der Waals surface area contributed by atoms with Gasteiger partial charge in [0.15, 0.2) is 11.4 Å². The number of alkyl halides is 3. The molecule has 30 heavy (non-hydrogen) atoms. The number of nitrogen functional groups attached to an aromatic ring is 1. The fraction of sp³-hybridized carbons (Fsp3) is 0.353. The first-order valence-electron chi connectivity index (χ1n) is 8.70. The van der Waals surface area contributed by atoms with Gasteiger partial charge in [0.2, 0.25) is 5.95 Å². The summed E-state index contributed by atoms with van der Waals surface area (Å²) in [5, 5.41) is 12.2. The van der Waals surface area contributed by atoms with Crippen molar-refractivity contribution in [3.8, 4) is 0 Å². The van der Waals surface area contributed by atoms with Gasteiger partial charge < -0.3 is 25.5 Å². The van der Waals surface area contributed by atoms with E-state index in [4.69, 9.17) is 43.3 Å². The van der Waals surface area contributed by atoms with Crippen molar-refractivity contribution in [3.63, 3.8) is 0 Å². The Balaban J connectivity index is 0.000000272. The first-order chi connectivity index (χ1) is 14.1. The Labute approximate surface area is 176 Å². The van der Waals surface area contributed by atoms with Crippen LogP contribution in [0.1, 0.15) is 6.42 Å². The number of rotatable bonds is 1. The Morgan fingerprint density at radius 1 is 1.33 bits per heavy atom. The van der Waals surface area contributed by atoms with E-state index in [1.54, 1.807) is 12.1 Å². The predicted octanol–water partition coefficient (Wildman–Crippen LogP) is 3.45. The largest absolute Gasteiger partial charge is 0.490 e. The molecule has 2 bridgehead atoms. The van der Waals surface area contributed by atoms with Gasteiger partial charge in [-0.15, -0.1) is 0 Å². The van der Waals surface area contributed by atoms with Gasteiger partial charge in [0.1, 0.15) is 11.1 Å². The molecule has 3 aromatic rings. The molecule has 2 aliphatic heterocycles. The first-order valence-corrected chi connectivity index (χ1v) is 9.45. The van der Waals surface area contributed by atoms with E-state index >= 15 is 0 Å². The maximum absolute atomic E-state index is 10.6. The van der Waals surface area contributed by atoms with Crippen molar-refractivity contribution in [3.05, 3.63) is 22.2 Å². The molecule has 2 atom stereocenters. The molecule has 4 heterocycles. The number of piperazine rings is 1. The molecular formula is C17H14Cl2F3N5O3. The summed E-state index contributed by atoms with van der Waals surface area (Å²) < 4.78 is 37.7. The molecule has 0 amide bonds. The van der Waals surface area contributed by atoms with Crippen LogP contribution in [0.25, 0.3) is 22.1 Å². The summed E-state index contributed by atoms with van der Waals surface area (Å²) in [6.45, 7) is 1.84. The van der Waals surface area contributed by atoms with Crippen molar-refractivity contribution in [2.75, 3.05) is 23.7 Å². The van der Waals surface area contributed by atoms with Crippen molar-refractivity contribution in [1.82, 2.24) is 15.3 Å². The number of carboxylic acids is 1. The van der Waals surface area contributed by atoms with Gasteiger partial charge in [0.05, 0.1) is 15.4 Å². The molecule has 5 rings (SSSR count). The third-order valence-corrected chi connectivity index (χ3v) is 5.75. The van der Waals surface area contributed by atoms with E-state index in [1.165, 1.54) is 0 Å². The van der Waals surface area contributed by atoms with Crippen molar-refractivity contribution < 1.29 is 27.5 Å². The van der Waals surface area contributed by atoms with Crippen LogP contribution in [0.3, 0.4) is 0 Å². The van der Waals surface area contributed by atoms with Crippen LogP contribution < -0.4 is 16.0 Å². The van der Waals surface area contributed by atoms with Crippen LogP contribution in [0.2, 0.25) is 10.0 Å². The second-order valence-corrected chi connectivity index (χ2v) is 7.65. The van der Waals surface area contributed by atoms with Crippen LogP contribution in [-0.4, -0.2) is 52.4 Å². The second kappa shape index (κ2) is 7.33. The number of nitrogens with one attached hydrogen (secondary N) is 1. The maximum atomic E-state index is 10.6. The quantitative estimate of drug-likeness (QED) is 0.502. The normalized spacial score (nSPS) is 20.6. The van der Waals surface area contributed by atoms with Crippen molar-refractivity contribution in [2.24, 2.45) is 0 Å². The molecule has 13 heteroatoms. The summed E-state index contributed by atoms with van der Waals surface area (Å²) in [4.78, 5) is 19.9. The highest BCUT2D eigenvalue weighted by Gasteiger charge is 2.40. The maximum Gasteiger partial charge on any atom is 0.490 e. The van der Waals surface area contributed by atoms with Gasteiger partial charge >= 0.3 is 12.1 Å². The Morgan fingerprint density at radius 3 is 2.60 bits per heavy atom. The summed E-state index contributed by atoms with van der Waals surface area (Å²) >= 11 is 12.5. The molecule has 0 aliphatic carbocycles. The van der Waals surface area contributed by atoms with Gasteiger partial charge in [-0.3, -0.25) is 0 Å². The van der Waals surface area contributed by atoms with E-state index in [-0.39, 0.29) is 5.95 Å². The molecule has 0 spiro atoms. The van der Waals surface area contributed by atoms with E-state index in [0.717, 1.165) is 25.3 Å². The summed E-state index contributed by atoms with van der Waals surface area (Å²) in [5.41, 5.74) is 7.82. The molecule has 4 N–H and O–H groups in total. The number of hydrogen-bond acceptors (Lipinski definition) is 7. The van der Waals surface area contributed by atoms with Crippen LogP contribution in [0.4, 0.5) is 24.9 Å². The van der Waals surface area contributed by atoms with Gasteiger partial charge in [-0.05, 0) is 18.6 Å². The molecule has 2 aliphatic rings. The SMILES string of the molecule is Nc1nc(N2C[C@@H]3C[C@H]2CN3)c2oc3ccc(Cl)c(Cl)c3c2n1.O=C(O)C(F)(F)F. The number of nitrogens with zero attached hydrogens (tertiary/aromatic N) is 3. The Hall–Kier alpha value is -2.50. The molecule has 160 valence electrons. The monoisotopic (exact) mass is 463 g/mol. The molecule has 2 aromatic heterocycles. The summed E-state index contributed by atoms with van der Waals surface area (Å²) in [6.07, 6.45) is -3.97. The third-order valence-electron chi connectivity index (χ3n) is 4.94. The number of benzene rings is 1. The van der Waals surface area contributed by atoms with Gasteiger partial charge in [-0.2, -0.15) is 18.2 Å². The highest BCUT2D eigenvalue weighted by molar-refractivity contribution is 6.46. The number of fused-ring (bicyclic) bond motifs is 5. The van der Waals surface area contributed by atoms with Crippen LogP contribution in [0, 0.1) is 0 Å². The minimum Gasteiger partial charge on any atom is -0.475 e. The van der Waals surface area contributed by atoms with E-state index < -0.39 is 12.1 Å². The highest BCUT2D eigenvalue weighted by Crippen LogP contribution is 2.41. The summed E-state index contributed by atoms with van der Waals surface area (Å²) in [5.74, 6) is -1.81. The molecule has 0 unspecified atom stereocenters. The molecule has 0 saturated carbocycles. The fourth-order valence-electron chi connectivity index (χ4n) is 3.68. The molecular weight excluding hydrogens is 450 g/mol. The minimum absolute atomic E-state index is 0.210. The summed E-state index contributed by atoms with van der Waals surface area (Å²) in [6, 6.07) is 4.41. The zero-order valence-electron chi connectivity index (χ0n) is 15.0. The number of halogens is 5. The van der Waals surface area contributed by atoms with Crippen LogP contribution in [0.5, 0.6) is 0 Å². The Bertz CT molecular complexity index is 1150. The minimum atomic E-state index is -5.08. The number of anilines is 2. The molecule has 1 aromatic carbocycles. The lowest BCUT2D eigenvalue weighted by Crippen LogP contribution is -2.44. The van der Waals surface area contributed by atoms with Crippen molar-refractivity contribution in [2.45, 2.75) is 24.7 Å². The topological polar surface area (TPSA) is 118 Å². The number of carboxylic acid groups (broad SMARTS) is 1. The van der Waals surface area contributed by atoms with Crippen molar-refractivity contribution in [1.29, 1.82) is 0 Å². The number of carbonyl (C=O) groups is 1. The number of furan rings is 1. The average molecular weight is 464 g/mol. The second-order valence-electron chi connectivity index (χ2n) is 6.87. The van der Waals surface area contributed by atoms with E-state index in [2.05, 4.69) is 20.2 Å². The Kier molecular flexibility index (Phi) is 5.07. The zero-order chi connectivity index (χ0) is 21.8. The Morgan fingerprint density at radius 2 is 2.03 bits per heavy atom. The van der Waals surface area contributed by atoms with Crippen LogP contribution in [0.15, 0.2) is 16.5 Å². The number of aliphatic carboxylic acids is 1. The van der Waals surface area contributed by atoms with Gasteiger partial charge in [-0.25, -0.2) is 9.78 Å². The lowest BCUT2D eigenvalue weighted by atomic mass is 10.2. The standard InChI is InChI=1S/C15H13Cl2N5O.C2HF3O2/c16-8-1-2-9-10(11(8)17)12-13(23-9)14(21-15(18)20-12)22-5-6-3-7(22)4-19-6;3-2(4,5)1(6)7/h1-2,6-7,19H,3-5H2,(H2,18,20,21);(H,6,7)/t6-,7-;/m0./s1. The van der Waals surface area contributed by atoms with E-state index in [1.807, 2.05) is 0 Å². The number of nitrogens with two attached hydrogens (primary N) is 1. The number of aromatic nitrogens is 2. The average Bonchev–Trinajstić information content (AvgIpc) is 3.37. The van der Waals surface area contributed by atoms with Gasteiger partial charge in [0, 0.05) is 25.2 Å². The first kappa shape index (κ1) is 20.8. The molecule has 8 nitrogen and oxygen atoms in total. The molecule has 2 saturated heterocycles. The predicted molar refractivity (Wildman–Crippen MR) is 105 cm³/mol. The smallest absolute Gasteiger partial charge is 0.475 e. The van der Waals surface area contributed by atoms with E-state index in [0.29, 0.717) is 44.2 Å². The highest BCUT2D eigenvalue weighted by atomic mass is 35.5. The van der Waals surface area contributed by atoms with Gasteiger partial charge in [-0.1, -0.05) is 23.2 Å². The fourth-order valence-corrected chi connectivity index (χ4v) is 4.09. The van der Waals surface area contributed by atoms with Crippen LogP contribution in [-0.2, 0) is 4.79 Å². The molecule has 0 radical (unpaired) electrons. The van der Waals surface area contributed by atoms with Gasteiger partial charge in [0.25, 0.3) is 0 Å². The zero-order valence-corrected chi connectivity index (χ0v) is 16.5. The van der Waals surface area contributed by atoms with Crippen LogP contribution >= 0.6 is 23.2 Å². The van der Waals surface area contributed by atoms with Crippen molar-refractivity contribution >= 4 is 63.0 Å². The summed E-state index contributed by atoms with van der Waals surface area (Å²) in [7, 11) is 0. The molecule has 2 fully saturated rings. The lowest BCUT2D eigenvalue weighted by Gasteiger charge is -2.28. The third kappa shape index (κ3) is 3.57. The van der Waals surface area contributed by atoms with E-state index in [9.17, 15) is 13.2 Å².